The zero-order valence-corrected chi connectivity index (χ0v) is 13.8. The molecular weight excluding hydrogens is 302 g/mol. The number of nitrogens with two attached hydrogens (primary N) is 1. The maximum Gasteiger partial charge on any atom is 0.316 e. The summed E-state index contributed by atoms with van der Waals surface area (Å²) in [7, 11) is 0. The minimum absolute atomic E-state index is 0.104. The van der Waals surface area contributed by atoms with Crippen molar-refractivity contribution in [1.29, 1.82) is 0 Å². The molecule has 2 rings (SSSR count). The monoisotopic (exact) mass is 325 g/mol. The van der Waals surface area contributed by atoms with Crippen LogP contribution >= 0.6 is 0 Å². The molecule has 0 bridgehead atoms. The molecule has 24 heavy (non-hydrogen) atoms. The number of aryl methyl sites for hydroxylation is 1. The van der Waals surface area contributed by atoms with Gasteiger partial charge in [-0.15, -0.1) is 0 Å². The molecule has 5 nitrogen and oxygen atoms in total. The Kier molecular flexibility index (Phi) is 6.37. The van der Waals surface area contributed by atoms with Crippen LogP contribution in [0.2, 0.25) is 0 Å². The number of carbonyl (C=O) groups is 2. The topological polar surface area (TPSA) is 84.2 Å². The van der Waals surface area contributed by atoms with E-state index >= 15 is 0 Å². The smallest absolute Gasteiger partial charge is 0.316 e. The molecule has 126 valence electrons. The molecule has 5 heteroatoms. The SMILES string of the molecule is CCCCc1ccc(CC(=O)Nc2cccc(NC(N)=O)c2)cc1. The lowest BCUT2D eigenvalue weighted by Crippen LogP contribution is -2.19. The molecule has 2 aromatic carbocycles. The molecule has 0 spiro atoms. The third kappa shape index (κ3) is 5.76. The van der Waals surface area contributed by atoms with Crippen LogP contribution in [-0.2, 0) is 17.6 Å². The van der Waals surface area contributed by atoms with Gasteiger partial charge in [-0.05, 0) is 42.2 Å². The number of rotatable bonds is 7. The summed E-state index contributed by atoms with van der Waals surface area (Å²) in [5, 5.41) is 5.30. The Balaban J connectivity index is 1.92. The molecule has 0 unspecified atom stereocenters. The van der Waals surface area contributed by atoms with Crippen molar-refractivity contribution in [1.82, 2.24) is 0 Å². The summed E-state index contributed by atoms with van der Waals surface area (Å²) >= 11 is 0. The first-order chi connectivity index (χ1) is 11.6. The van der Waals surface area contributed by atoms with Crippen molar-refractivity contribution in [3.8, 4) is 0 Å². The lowest BCUT2D eigenvalue weighted by molar-refractivity contribution is -0.115. The number of urea groups is 1. The van der Waals surface area contributed by atoms with Gasteiger partial charge in [0.25, 0.3) is 0 Å². The van der Waals surface area contributed by atoms with Crippen LogP contribution in [0.4, 0.5) is 16.2 Å². The van der Waals surface area contributed by atoms with Gasteiger partial charge in [0.2, 0.25) is 5.91 Å². The van der Waals surface area contributed by atoms with E-state index in [0.717, 1.165) is 12.0 Å². The van der Waals surface area contributed by atoms with E-state index in [1.54, 1.807) is 24.3 Å². The minimum atomic E-state index is -0.637. The zero-order chi connectivity index (χ0) is 17.4. The number of hydrogen-bond acceptors (Lipinski definition) is 2. The first kappa shape index (κ1) is 17.5. The van der Waals surface area contributed by atoms with Crippen molar-refractivity contribution in [2.75, 3.05) is 10.6 Å². The molecular formula is C19H23N3O2. The van der Waals surface area contributed by atoms with Gasteiger partial charge < -0.3 is 16.4 Å². The molecule has 0 aliphatic carbocycles. The third-order valence-corrected chi connectivity index (χ3v) is 3.62. The van der Waals surface area contributed by atoms with Crippen LogP contribution in [-0.4, -0.2) is 11.9 Å². The molecule has 0 aliphatic rings. The lowest BCUT2D eigenvalue weighted by Gasteiger charge is -2.08. The standard InChI is InChI=1S/C19H23N3O2/c1-2-3-5-14-8-10-15(11-9-14)12-18(23)21-16-6-4-7-17(13-16)22-19(20)24/h4,6-11,13H,2-3,5,12H2,1H3,(H,21,23)(H3,20,22,24). The second kappa shape index (κ2) is 8.72. The summed E-state index contributed by atoms with van der Waals surface area (Å²) in [5.41, 5.74) is 8.51. The predicted octanol–water partition coefficient (Wildman–Crippen LogP) is 3.70. The van der Waals surface area contributed by atoms with E-state index in [4.69, 9.17) is 5.73 Å². The van der Waals surface area contributed by atoms with E-state index in [2.05, 4.69) is 29.7 Å². The van der Waals surface area contributed by atoms with Crippen molar-refractivity contribution in [2.45, 2.75) is 32.6 Å². The molecule has 0 aliphatic heterocycles. The fourth-order valence-corrected chi connectivity index (χ4v) is 2.41. The highest BCUT2D eigenvalue weighted by atomic mass is 16.2. The first-order valence-corrected chi connectivity index (χ1v) is 8.11. The predicted molar refractivity (Wildman–Crippen MR) is 97.0 cm³/mol. The second-order valence-electron chi connectivity index (χ2n) is 5.72. The van der Waals surface area contributed by atoms with Crippen molar-refractivity contribution in [3.05, 3.63) is 59.7 Å². The summed E-state index contributed by atoms with van der Waals surface area (Å²) in [4.78, 5) is 23.0. The maximum atomic E-state index is 12.1. The van der Waals surface area contributed by atoms with Gasteiger partial charge in [0.15, 0.2) is 0 Å². The van der Waals surface area contributed by atoms with Crippen LogP contribution < -0.4 is 16.4 Å². The number of benzene rings is 2. The van der Waals surface area contributed by atoms with Gasteiger partial charge in [0.05, 0.1) is 6.42 Å². The normalized spacial score (nSPS) is 10.2. The largest absolute Gasteiger partial charge is 0.351 e. The number of unbranched alkanes of at least 4 members (excludes halogenated alkanes) is 1. The van der Waals surface area contributed by atoms with Crippen molar-refractivity contribution < 1.29 is 9.59 Å². The van der Waals surface area contributed by atoms with Crippen LogP contribution in [0.15, 0.2) is 48.5 Å². The van der Waals surface area contributed by atoms with E-state index in [1.807, 2.05) is 12.1 Å². The van der Waals surface area contributed by atoms with Gasteiger partial charge in [0, 0.05) is 11.4 Å². The van der Waals surface area contributed by atoms with Gasteiger partial charge in [-0.2, -0.15) is 0 Å². The maximum absolute atomic E-state index is 12.1. The quantitative estimate of drug-likeness (QED) is 0.725. The van der Waals surface area contributed by atoms with Gasteiger partial charge in [-0.3, -0.25) is 4.79 Å². The van der Waals surface area contributed by atoms with Crippen molar-refractivity contribution in [3.63, 3.8) is 0 Å². The van der Waals surface area contributed by atoms with Crippen LogP contribution in [0.1, 0.15) is 30.9 Å². The van der Waals surface area contributed by atoms with E-state index in [1.165, 1.54) is 18.4 Å². The third-order valence-electron chi connectivity index (χ3n) is 3.62. The Morgan fingerprint density at radius 2 is 1.58 bits per heavy atom. The second-order valence-corrected chi connectivity index (χ2v) is 5.72. The zero-order valence-electron chi connectivity index (χ0n) is 13.8. The first-order valence-electron chi connectivity index (χ1n) is 8.11. The van der Waals surface area contributed by atoms with E-state index < -0.39 is 6.03 Å². The Bertz CT molecular complexity index is 696. The molecule has 0 radical (unpaired) electrons. The molecule has 0 saturated heterocycles. The van der Waals surface area contributed by atoms with Crippen LogP contribution in [0.3, 0.4) is 0 Å². The Morgan fingerprint density at radius 3 is 2.21 bits per heavy atom. The fourth-order valence-electron chi connectivity index (χ4n) is 2.41. The van der Waals surface area contributed by atoms with Gasteiger partial charge in [-0.25, -0.2) is 4.79 Å². The molecule has 0 atom stereocenters. The molecule has 3 amide bonds. The molecule has 4 N–H and O–H groups in total. The van der Waals surface area contributed by atoms with Gasteiger partial charge in [0.1, 0.15) is 0 Å². The van der Waals surface area contributed by atoms with Crippen LogP contribution in [0, 0.1) is 0 Å². The molecule has 0 heterocycles. The molecule has 0 aromatic heterocycles. The average molecular weight is 325 g/mol. The summed E-state index contributed by atoms with van der Waals surface area (Å²) in [6.45, 7) is 2.17. The van der Waals surface area contributed by atoms with E-state index in [-0.39, 0.29) is 5.91 Å². The van der Waals surface area contributed by atoms with Gasteiger partial charge >= 0.3 is 6.03 Å². The number of hydrogen-bond donors (Lipinski definition) is 3. The minimum Gasteiger partial charge on any atom is -0.351 e. The summed E-state index contributed by atoms with van der Waals surface area (Å²) in [6, 6.07) is 14.4. The molecule has 0 saturated carbocycles. The number of anilines is 2. The van der Waals surface area contributed by atoms with Crippen molar-refractivity contribution in [2.24, 2.45) is 5.73 Å². The summed E-state index contributed by atoms with van der Waals surface area (Å²) < 4.78 is 0. The highest BCUT2D eigenvalue weighted by Crippen LogP contribution is 2.15. The molecule has 2 aromatic rings. The number of carbonyl (C=O) groups excluding carboxylic acids is 2. The lowest BCUT2D eigenvalue weighted by atomic mass is 10.0. The van der Waals surface area contributed by atoms with E-state index in [9.17, 15) is 9.59 Å². The van der Waals surface area contributed by atoms with Gasteiger partial charge in [-0.1, -0.05) is 43.7 Å². The Hall–Kier alpha value is -2.82. The fraction of sp³-hybridized carbons (Fsp3) is 0.263. The average Bonchev–Trinajstić information content (AvgIpc) is 2.54. The van der Waals surface area contributed by atoms with Crippen LogP contribution in [0.5, 0.6) is 0 Å². The van der Waals surface area contributed by atoms with E-state index in [0.29, 0.717) is 17.8 Å². The Morgan fingerprint density at radius 1 is 0.958 bits per heavy atom. The number of nitrogens with one attached hydrogen (secondary N) is 2. The van der Waals surface area contributed by atoms with Crippen molar-refractivity contribution >= 4 is 23.3 Å². The summed E-state index contributed by atoms with van der Waals surface area (Å²) in [5.74, 6) is -0.104. The summed E-state index contributed by atoms with van der Waals surface area (Å²) in [6.07, 6.45) is 3.73. The number of amides is 3. The highest BCUT2D eigenvalue weighted by Gasteiger charge is 2.05. The highest BCUT2D eigenvalue weighted by molar-refractivity contribution is 5.94. The Labute approximate surface area is 142 Å². The number of primary amides is 1. The molecule has 0 fully saturated rings. The van der Waals surface area contributed by atoms with Crippen LogP contribution in [0.25, 0.3) is 0 Å².